The van der Waals surface area contributed by atoms with Crippen molar-refractivity contribution in [3.63, 3.8) is 0 Å². The van der Waals surface area contributed by atoms with E-state index in [0.29, 0.717) is 6.04 Å². The molecule has 0 spiro atoms. The number of nitrogens with one attached hydrogen (secondary N) is 1. The van der Waals surface area contributed by atoms with E-state index >= 15 is 0 Å². The third-order valence-corrected chi connectivity index (χ3v) is 3.01. The normalized spacial score (nSPS) is 12.5. The van der Waals surface area contributed by atoms with Gasteiger partial charge in [-0.25, -0.2) is 0 Å². The van der Waals surface area contributed by atoms with Crippen molar-refractivity contribution in [1.29, 1.82) is 0 Å². The largest absolute Gasteiger partial charge is 0.310 e. The molecule has 1 aromatic heterocycles. The van der Waals surface area contributed by atoms with Gasteiger partial charge >= 0.3 is 0 Å². The maximum Gasteiger partial charge on any atom is 0.0890 e. The third kappa shape index (κ3) is 2.93. The molecule has 0 aliphatic rings. The lowest BCUT2D eigenvalue weighted by molar-refractivity contribution is 0.520. The Kier molecular flexibility index (Phi) is 4.42. The molecule has 3 nitrogen and oxygen atoms in total. The molecule has 0 bridgehead atoms. The second-order valence-electron chi connectivity index (χ2n) is 4.28. The van der Waals surface area contributed by atoms with Crippen LogP contribution in [0.5, 0.6) is 0 Å². The summed E-state index contributed by atoms with van der Waals surface area (Å²) in [6.07, 6.45) is 7.49. The van der Waals surface area contributed by atoms with E-state index in [2.05, 4.69) is 40.9 Å². The van der Waals surface area contributed by atoms with Gasteiger partial charge in [-0.2, -0.15) is 0 Å². The van der Waals surface area contributed by atoms with Crippen LogP contribution in [0.25, 0.3) is 11.0 Å². The Labute approximate surface area is 108 Å². The van der Waals surface area contributed by atoms with E-state index in [0.717, 1.165) is 30.4 Å². The molecule has 0 aliphatic heterocycles. The molecule has 2 rings (SSSR count). The van der Waals surface area contributed by atoms with Crippen LogP contribution in [-0.4, -0.2) is 16.5 Å². The van der Waals surface area contributed by atoms with Gasteiger partial charge in [-0.1, -0.05) is 19.1 Å². The number of benzene rings is 1. The average molecular weight is 241 g/mol. The monoisotopic (exact) mass is 241 g/mol. The minimum atomic E-state index is 0.361. The van der Waals surface area contributed by atoms with Gasteiger partial charge in [0, 0.05) is 18.4 Å². The van der Waals surface area contributed by atoms with E-state index in [1.54, 1.807) is 12.4 Å². The maximum absolute atomic E-state index is 4.35. The molecule has 1 N–H and O–H groups in total. The van der Waals surface area contributed by atoms with Crippen molar-refractivity contribution in [1.82, 2.24) is 15.3 Å². The Balaban J connectivity index is 2.28. The second-order valence-corrected chi connectivity index (χ2v) is 4.28. The summed E-state index contributed by atoms with van der Waals surface area (Å²) in [5.74, 6) is 0. The highest BCUT2D eigenvalue weighted by Gasteiger charge is 2.10. The smallest absolute Gasteiger partial charge is 0.0890 e. The molecule has 94 valence electrons. The predicted octanol–water partition coefficient (Wildman–Crippen LogP) is 3.25. The fraction of sp³-hybridized carbons (Fsp3) is 0.333. The highest BCUT2D eigenvalue weighted by atomic mass is 14.9. The first-order chi connectivity index (χ1) is 8.85. The zero-order valence-corrected chi connectivity index (χ0v) is 10.8. The highest BCUT2D eigenvalue weighted by molar-refractivity contribution is 5.74. The number of allylic oxidation sites excluding steroid dienone is 1. The van der Waals surface area contributed by atoms with Gasteiger partial charge in [0.15, 0.2) is 0 Å². The lowest BCUT2D eigenvalue weighted by Gasteiger charge is -2.17. The summed E-state index contributed by atoms with van der Waals surface area (Å²) in [7, 11) is 0. The van der Waals surface area contributed by atoms with Crippen LogP contribution >= 0.6 is 0 Å². The van der Waals surface area contributed by atoms with E-state index in [1.165, 1.54) is 5.56 Å². The molecule has 18 heavy (non-hydrogen) atoms. The number of hydrogen-bond acceptors (Lipinski definition) is 3. The molecule has 1 aromatic carbocycles. The number of nitrogens with zero attached hydrogens (tertiary/aromatic N) is 2. The summed E-state index contributed by atoms with van der Waals surface area (Å²) in [6.45, 7) is 6.87. The van der Waals surface area contributed by atoms with Crippen molar-refractivity contribution in [3.8, 4) is 0 Å². The molecule has 1 heterocycles. The van der Waals surface area contributed by atoms with Crippen LogP contribution < -0.4 is 5.32 Å². The topological polar surface area (TPSA) is 37.8 Å². The zero-order chi connectivity index (χ0) is 12.8. The molecular weight excluding hydrogens is 222 g/mol. The van der Waals surface area contributed by atoms with Gasteiger partial charge in [0.25, 0.3) is 0 Å². The Bertz CT molecular complexity index is 522. The summed E-state index contributed by atoms with van der Waals surface area (Å²) in [5.41, 5.74) is 3.17. The summed E-state index contributed by atoms with van der Waals surface area (Å²) in [6, 6.07) is 6.65. The van der Waals surface area contributed by atoms with Gasteiger partial charge in [-0.3, -0.25) is 9.97 Å². The molecule has 3 heteroatoms. The van der Waals surface area contributed by atoms with Crippen molar-refractivity contribution < 1.29 is 0 Å². The van der Waals surface area contributed by atoms with Crippen LogP contribution in [-0.2, 0) is 0 Å². The number of rotatable bonds is 6. The van der Waals surface area contributed by atoms with Crippen molar-refractivity contribution >= 4 is 11.0 Å². The predicted molar refractivity (Wildman–Crippen MR) is 75.4 cm³/mol. The lowest BCUT2D eigenvalue weighted by Crippen LogP contribution is -2.20. The minimum Gasteiger partial charge on any atom is -0.310 e. The molecule has 1 unspecified atom stereocenters. The van der Waals surface area contributed by atoms with Crippen LogP contribution in [0, 0.1) is 0 Å². The standard InChI is InChI=1S/C15H19N3/c1-3-5-6-13(16-4-2)12-7-8-14-15(11-12)18-10-9-17-14/h3,7-11,13,16H,1,4-6H2,2H3. The van der Waals surface area contributed by atoms with Crippen LogP contribution in [0.1, 0.15) is 31.4 Å². The SMILES string of the molecule is C=CCCC(NCC)c1ccc2nccnc2c1. The fourth-order valence-electron chi connectivity index (χ4n) is 2.11. The van der Waals surface area contributed by atoms with Gasteiger partial charge in [0.2, 0.25) is 0 Å². The first-order valence-electron chi connectivity index (χ1n) is 6.40. The average Bonchev–Trinajstić information content (AvgIpc) is 2.43. The third-order valence-electron chi connectivity index (χ3n) is 3.01. The Morgan fingerprint density at radius 3 is 2.78 bits per heavy atom. The van der Waals surface area contributed by atoms with Gasteiger partial charge in [0.1, 0.15) is 0 Å². The molecule has 1 atom stereocenters. The van der Waals surface area contributed by atoms with Gasteiger partial charge in [0.05, 0.1) is 11.0 Å². The Morgan fingerprint density at radius 2 is 2.06 bits per heavy atom. The maximum atomic E-state index is 4.35. The summed E-state index contributed by atoms with van der Waals surface area (Å²) >= 11 is 0. The molecule has 0 radical (unpaired) electrons. The van der Waals surface area contributed by atoms with Gasteiger partial charge in [-0.05, 0) is 37.1 Å². The van der Waals surface area contributed by atoms with Crippen LogP contribution in [0.2, 0.25) is 0 Å². The molecule has 0 fully saturated rings. The lowest BCUT2D eigenvalue weighted by atomic mass is 10.0. The Hall–Kier alpha value is -1.74. The summed E-state index contributed by atoms with van der Waals surface area (Å²) in [4.78, 5) is 8.64. The van der Waals surface area contributed by atoms with Crippen molar-refractivity contribution in [2.45, 2.75) is 25.8 Å². The molecule has 2 aromatic rings. The number of hydrogen-bond donors (Lipinski definition) is 1. The zero-order valence-electron chi connectivity index (χ0n) is 10.8. The van der Waals surface area contributed by atoms with Gasteiger partial charge in [-0.15, -0.1) is 6.58 Å². The first-order valence-corrected chi connectivity index (χ1v) is 6.40. The van der Waals surface area contributed by atoms with Crippen LogP contribution in [0.4, 0.5) is 0 Å². The van der Waals surface area contributed by atoms with E-state index < -0.39 is 0 Å². The van der Waals surface area contributed by atoms with Crippen LogP contribution in [0.3, 0.4) is 0 Å². The first kappa shape index (κ1) is 12.7. The Morgan fingerprint density at radius 1 is 1.28 bits per heavy atom. The van der Waals surface area contributed by atoms with Crippen LogP contribution in [0.15, 0.2) is 43.2 Å². The summed E-state index contributed by atoms with van der Waals surface area (Å²) < 4.78 is 0. The van der Waals surface area contributed by atoms with Crippen molar-refractivity contribution in [3.05, 3.63) is 48.8 Å². The fourth-order valence-corrected chi connectivity index (χ4v) is 2.11. The quantitative estimate of drug-likeness (QED) is 0.789. The molecule has 0 saturated carbocycles. The molecule has 0 amide bonds. The second kappa shape index (κ2) is 6.26. The molecule has 0 aliphatic carbocycles. The molecule has 0 saturated heterocycles. The minimum absolute atomic E-state index is 0.361. The summed E-state index contributed by atoms with van der Waals surface area (Å²) in [5, 5.41) is 3.50. The van der Waals surface area contributed by atoms with Crippen molar-refractivity contribution in [2.75, 3.05) is 6.54 Å². The molecular formula is C15H19N3. The van der Waals surface area contributed by atoms with Crippen molar-refractivity contribution in [2.24, 2.45) is 0 Å². The van der Waals surface area contributed by atoms with Gasteiger partial charge < -0.3 is 5.32 Å². The number of fused-ring (bicyclic) bond motifs is 1. The van der Waals surface area contributed by atoms with E-state index in [-0.39, 0.29) is 0 Å². The number of aromatic nitrogens is 2. The van der Waals surface area contributed by atoms with E-state index in [1.807, 2.05) is 12.1 Å². The highest BCUT2D eigenvalue weighted by Crippen LogP contribution is 2.21. The van der Waals surface area contributed by atoms with E-state index in [4.69, 9.17) is 0 Å². The van der Waals surface area contributed by atoms with E-state index in [9.17, 15) is 0 Å².